The Hall–Kier alpha value is -3.62. The van der Waals surface area contributed by atoms with E-state index in [0.717, 1.165) is 5.56 Å². The summed E-state index contributed by atoms with van der Waals surface area (Å²) in [5.41, 5.74) is 1.53. The molecule has 0 aliphatic heterocycles. The molecule has 0 radical (unpaired) electrons. The van der Waals surface area contributed by atoms with Gasteiger partial charge in [0.25, 0.3) is 11.5 Å². The summed E-state index contributed by atoms with van der Waals surface area (Å²) in [6.45, 7) is 0.611. The molecule has 0 fully saturated rings. The Morgan fingerprint density at radius 2 is 2.00 bits per heavy atom. The normalized spacial score (nSPS) is 10.5. The van der Waals surface area contributed by atoms with Crippen LogP contribution in [0.15, 0.2) is 47.7 Å². The van der Waals surface area contributed by atoms with Crippen LogP contribution < -0.4 is 20.3 Å². The van der Waals surface area contributed by atoms with Crippen molar-refractivity contribution in [2.45, 2.75) is 6.54 Å². The highest BCUT2D eigenvalue weighted by Crippen LogP contribution is 2.32. The van der Waals surface area contributed by atoms with E-state index in [-0.39, 0.29) is 18.0 Å². The van der Waals surface area contributed by atoms with Crippen molar-refractivity contribution in [1.29, 1.82) is 0 Å². The third-order valence-electron chi connectivity index (χ3n) is 4.23. The van der Waals surface area contributed by atoms with E-state index in [0.29, 0.717) is 29.4 Å². The molecule has 9 heteroatoms. The number of nitrogens with zero attached hydrogens (tertiary/aromatic N) is 4. The number of hydrogen-bond acceptors (Lipinski definition) is 6. The molecule has 146 valence electrons. The minimum atomic E-state index is -0.292. The molecule has 2 aromatic heterocycles. The zero-order chi connectivity index (χ0) is 20.1. The highest BCUT2D eigenvalue weighted by molar-refractivity contribution is 5.93. The number of carbonyl (C=O) groups is 1. The van der Waals surface area contributed by atoms with Gasteiger partial charge in [0.1, 0.15) is 17.2 Å². The Balaban J connectivity index is 1.76. The molecular weight excluding hydrogens is 362 g/mol. The van der Waals surface area contributed by atoms with Crippen molar-refractivity contribution in [3.05, 3.63) is 58.9 Å². The minimum absolute atomic E-state index is 0.169. The molecule has 0 bridgehead atoms. The quantitative estimate of drug-likeness (QED) is 0.656. The van der Waals surface area contributed by atoms with Crippen LogP contribution in [0.1, 0.15) is 10.5 Å². The fraction of sp³-hybridized carbons (Fsp3) is 0.263. The zero-order valence-electron chi connectivity index (χ0n) is 15.9. The van der Waals surface area contributed by atoms with Crippen LogP contribution in [0.25, 0.3) is 11.3 Å². The number of methoxy groups -OCH3 is 2. The molecule has 0 saturated heterocycles. The molecule has 3 rings (SSSR count). The van der Waals surface area contributed by atoms with Gasteiger partial charge < -0.3 is 14.8 Å². The molecular formula is C19H21N5O4. The van der Waals surface area contributed by atoms with Gasteiger partial charge >= 0.3 is 0 Å². The van der Waals surface area contributed by atoms with Crippen molar-refractivity contribution in [1.82, 2.24) is 24.6 Å². The first-order valence-electron chi connectivity index (χ1n) is 8.58. The first-order valence-corrected chi connectivity index (χ1v) is 8.58. The Labute approximate surface area is 161 Å². The van der Waals surface area contributed by atoms with Crippen LogP contribution in [0.4, 0.5) is 0 Å². The number of aromatic nitrogens is 4. The Bertz CT molecular complexity index is 1040. The molecule has 2 heterocycles. The number of nitrogens with one attached hydrogen (secondary N) is 1. The molecule has 0 atom stereocenters. The number of carbonyl (C=O) groups excluding carboxylic acids is 1. The van der Waals surface area contributed by atoms with E-state index in [1.165, 1.54) is 27.8 Å². The second-order valence-electron chi connectivity index (χ2n) is 5.97. The van der Waals surface area contributed by atoms with Gasteiger partial charge in [0, 0.05) is 38.0 Å². The molecule has 0 unspecified atom stereocenters. The van der Waals surface area contributed by atoms with Gasteiger partial charge in [-0.3, -0.25) is 18.8 Å². The average molecular weight is 383 g/mol. The van der Waals surface area contributed by atoms with Crippen molar-refractivity contribution < 1.29 is 14.3 Å². The summed E-state index contributed by atoms with van der Waals surface area (Å²) in [4.78, 5) is 28.1. The first-order chi connectivity index (χ1) is 13.5. The third kappa shape index (κ3) is 4.03. The van der Waals surface area contributed by atoms with E-state index in [4.69, 9.17) is 9.47 Å². The summed E-state index contributed by atoms with van der Waals surface area (Å²) in [6.07, 6.45) is 2.87. The number of aryl methyl sites for hydroxylation is 1. The van der Waals surface area contributed by atoms with E-state index >= 15 is 0 Å². The predicted molar refractivity (Wildman–Crippen MR) is 103 cm³/mol. The maximum absolute atomic E-state index is 12.5. The Morgan fingerprint density at radius 3 is 2.71 bits per heavy atom. The topological polar surface area (TPSA) is 100 Å². The fourth-order valence-corrected chi connectivity index (χ4v) is 2.75. The molecule has 3 aromatic rings. The molecule has 28 heavy (non-hydrogen) atoms. The van der Waals surface area contributed by atoms with Gasteiger partial charge in [-0.15, -0.1) is 0 Å². The van der Waals surface area contributed by atoms with E-state index in [2.05, 4.69) is 15.4 Å². The summed E-state index contributed by atoms with van der Waals surface area (Å²) in [5, 5.41) is 7.21. The number of benzene rings is 1. The van der Waals surface area contributed by atoms with Crippen molar-refractivity contribution in [3.8, 4) is 22.8 Å². The second-order valence-corrected chi connectivity index (χ2v) is 5.97. The van der Waals surface area contributed by atoms with Crippen LogP contribution >= 0.6 is 0 Å². The highest BCUT2D eigenvalue weighted by atomic mass is 16.5. The van der Waals surface area contributed by atoms with Crippen molar-refractivity contribution in [2.24, 2.45) is 7.05 Å². The fourth-order valence-electron chi connectivity index (χ4n) is 2.75. The van der Waals surface area contributed by atoms with Crippen LogP contribution in [0, 0.1) is 0 Å². The van der Waals surface area contributed by atoms with E-state index < -0.39 is 0 Å². The lowest BCUT2D eigenvalue weighted by Gasteiger charge is -2.08. The van der Waals surface area contributed by atoms with Gasteiger partial charge in [0.15, 0.2) is 0 Å². The van der Waals surface area contributed by atoms with Crippen LogP contribution in [0.5, 0.6) is 11.5 Å². The standard InChI is InChI=1S/C19H21N5O4/c1-23-16(19(26)21-8-9-24-12-20-7-6-18(24)25)11-15(22-23)14-10-13(27-2)4-5-17(14)28-3/h4-7,10-12H,8-9H2,1-3H3,(H,21,26). The maximum Gasteiger partial charge on any atom is 0.269 e. The van der Waals surface area contributed by atoms with E-state index in [9.17, 15) is 9.59 Å². The van der Waals surface area contributed by atoms with Crippen molar-refractivity contribution in [3.63, 3.8) is 0 Å². The Kier molecular flexibility index (Phi) is 5.73. The van der Waals surface area contributed by atoms with E-state index in [1.54, 1.807) is 45.5 Å². The maximum atomic E-state index is 12.5. The predicted octanol–water partition coefficient (Wildman–Crippen LogP) is 1.09. The van der Waals surface area contributed by atoms with Gasteiger partial charge in [-0.1, -0.05) is 0 Å². The minimum Gasteiger partial charge on any atom is -0.497 e. The summed E-state index contributed by atoms with van der Waals surface area (Å²) in [6, 6.07) is 8.44. The largest absolute Gasteiger partial charge is 0.497 e. The smallest absolute Gasteiger partial charge is 0.269 e. The number of rotatable bonds is 7. The number of amides is 1. The summed E-state index contributed by atoms with van der Waals surface area (Å²) in [5.74, 6) is 0.997. The number of ether oxygens (including phenoxy) is 2. The summed E-state index contributed by atoms with van der Waals surface area (Å²) >= 11 is 0. The molecule has 0 spiro atoms. The molecule has 0 saturated carbocycles. The Morgan fingerprint density at radius 1 is 1.18 bits per heavy atom. The van der Waals surface area contributed by atoms with E-state index in [1.807, 2.05) is 0 Å². The van der Waals surface area contributed by atoms with Gasteiger partial charge in [-0.05, 0) is 24.3 Å². The lowest BCUT2D eigenvalue weighted by molar-refractivity contribution is 0.0942. The lowest BCUT2D eigenvalue weighted by atomic mass is 10.1. The molecule has 0 aliphatic carbocycles. The molecule has 9 nitrogen and oxygen atoms in total. The van der Waals surface area contributed by atoms with Gasteiger partial charge in [-0.2, -0.15) is 5.10 Å². The highest BCUT2D eigenvalue weighted by Gasteiger charge is 2.17. The van der Waals surface area contributed by atoms with Gasteiger partial charge in [0.2, 0.25) is 0 Å². The molecule has 1 aromatic carbocycles. The van der Waals surface area contributed by atoms with Crippen LogP contribution in [0.2, 0.25) is 0 Å². The third-order valence-corrected chi connectivity index (χ3v) is 4.23. The average Bonchev–Trinajstić information content (AvgIpc) is 3.10. The molecule has 1 amide bonds. The second kappa shape index (κ2) is 8.38. The lowest BCUT2D eigenvalue weighted by Crippen LogP contribution is -2.31. The van der Waals surface area contributed by atoms with Crippen molar-refractivity contribution >= 4 is 5.91 Å². The first kappa shape index (κ1) is 19.2. The molecule has 0 aliphatic rings. The van der Waals surface area contributed by atoms with Crippen LogP contribution in [-0.4, -0.2) is 46.0 Å². The van der Waals surface area contributed by atoms with Crippen LogP contribution in [0.3, 0.4) is 0 Å². The monoisotopic (exact) mass is 383 g/mol. The zero-order valence-corrected chi connectivity index (χ0v) is 15.9. The van der Waals surface area contributed by atoms with Crippen LogP contribution in [-0.2, 0) is 13.6 Å². The summed E-state index contributed by atoms with van der Waals surface area (Å²) < 4.78 is 13.6. The van der Waals surface area contributed by atoms with Crippen molar-refractivity contribution in [2.75, 3.05) is 20.8 Å². The number of hydrogen-bond donors (Lipinski definition) is 1. The van der Waals surface area contributed by atoms with Gasteiger partial charge in [-0.25, -0.2) is 4.98 Å². The molecule has 1 N–H and O–H groups in total. The van der Waals surface area contributed by atoms with Gasteiger partial charge in [0.05, 0.1) is 26.2 Å². The SMILES string of the molecule is COc1ccc(OC)c(-c2cc(C(=O)NCCn3cnccc3=O)n(C)n2)c1. The summed E-state index contributed by atoms with van der Waals surface area (Å²) in [7, 11) is 4.84.